The molecule has 4 nitrogen and oxygen atoms in total. The van der Waals surface area contributed by atoms with Gasteiger partial charge in [0.15, 0.2) is 0 Å². The van der Waals surface area contributed by atoms with E-state index in [4.69, 9.17) is 0 Å². The number of nitrogens with one attached hydrogen (secondary N) is 2. The summed E-state index contributed by atoms with van der Waals surface area (Å²) in [5.41, 5.74) is 5.29. The van der Waals surface area contributed by atoms with E-state index in [1.165, 1.54) is 5.56 Å². The van der Waals surface area contributed by atoms with Crippen LogP contribution < -0.4 is 10.6 Å². The van der Waals surface area contributed by atoms with Crippen molar-refractivity contribution < 1.29 is 0 Å². The summed E-state index contributed by atoms with van der Waals surface area (Å²) in [5.74, 6) is 0.841. The molecule has 4 heteroatoms. The van der Waals surface area contributed by atoms with Gasteiger partial charge in [-0.15, -0.1) is 0 Å². The van der Waals surface area contributed by atoms with Crippen LogP contribution >= 0.6 is 0 Å². The Morgan fingerprint density at radius 3 is 2.74 bits per heavy atom. The molecule has 23 heavy (non-hydrogen) atoms. The number of rotatable bonds is 5. The van der Waals surface area contributed by atoms with Gasteiger partial charge in [0.25, 0.3) is 0 Å². The lowest BCUT2D eigenvalue weighted by Crippen LogP contribution is -2.03. The van der Waals surface area contributed by atoms with Gasteiger partial charge in [-0.3, -0.25) is 0 Å². The van der Waals surface area contributed by atoms with E-state index in [9.17, 15) is 0 Å². The fourth-order valence-corrected chi connectivity index (χ4v) is 2.60. The standard InChI is InChI=1S/C19H20N4/c1-13(2)16-8-5-9-17-18(16)22-12-23-19(17)21-11-14-6-4-7-15(10-14)20-3/h4-10,12,20H,1,11H2,2-3H3,(H,21,22,23). The van der Waals surface area contributed by atoms with Crippen molar-refractivity contribution in [2.24, 2.45) is 0 Å². The molecule has 0 amide bonds. The second kappa shape index (κ2) is 6.48. The Bertz CT molecular complexity index is 855. The van der Waals surface area contributed by atoms with Gasteiger partial charge < -0.3 is 10.6 Å². The highest BCUT2D eigenvalue weighted by atomic mass is 15.0. The minimum atomic E-state index is 0.707. The van der Waals surface area contributed by atoms with Crippen molar-refractivity contribution in [3.8, 4) is 0 Å². The number of benzene rings is 2. The molecular weight excluding hydrogens is 284 g/mol. The maximum atomic E-state index is 4.42. The monoisotopic (exact) mass is 304 g/mol. The Morgan fingerprint density at radius 1 is 1.13 bits per heavy atom. The molecule has 0 atom stereocenters. The van der Waals surface area contributed by atoms with Gasteiger partial charge in [0.1, 0.15) is 12.1 Å². The molecule has 0 radical (unpaired) electrons. The van der Waals surface area contributed by atoms with Crippen LogP contribution in [0, 0.1) is 0 Å². The van der Waals surface area contributed by atoms with Gasteiger partial charge >= 0.3 is 0 Å². The first-order valence-corrected chi connectivity index (χ1v) is 7.59. The van der Waals surface area contributed by atoms with Gasteiger partial charge in [-0.1, -0.05) is 30.8 Å². The molecule has 0 aliphatic carbocycles. The maximum Gasteiger partial charge on any atom is 0.137 e. The van der Waals surface area contributed by atoms with Crippen molar-refractivity contribution in [1.29, 1.82) is 0 Å². The summed E-state index contributed by atoms with van der Waals surface area (Å²) in [5, 5.41) is 7.58. The zero-order chi connectivity index (χ0) is 16.2. The van der Waals surface area contributed by atoms with Gasteiger partial charge in [-0.2, -0.15) is 0 Å². The van der Waals surface area contributed by atoms with E-state index >= 15 is 0 Å². The molecule has 0 fully saturated rings. The van der Waals surface area contributed by atoms with Crippen LogP contribution in [0.2, 0.25) is 0 Å². The molecular formula is C19H20N4. The fourth-order valence-electron chi connectivity index (χ4n) is 2.60. The van der Waals surface area contributed by atoms with Gasteiger partial charge in [0.2, 0.25) is 0 Å². The minimum absolute atomic E-state index is 0.707. The lowest BCUT2D eigenvalue weighted by molar-refractivity contribution is 1.10. The van der Waals surface area contributed by atoms with Crippen molar-refractivity contribution in [3.05, 3.63) is 66.5 Å². The molecule has 116 valence electrons. The molecule has 0 unspecified atom stereocenters. The van der Waals surface area contributed by atoms with Crippen molar-refractivity contribution in [3.63, 3.8) is 0 Å². The quantitative estimate of drug-likeness (QED) is 0.737. The number of fused-ring (bicyclic) bond motifs is 1. The predicted molar refractivity (Wildman–Crippen MR) is 97.6 cm³/mol. The fraction of sp³-hybridized carbons (Fsp3) is 0.158. The van der Waals surface area contributed by atoms with E-state index in [0.29, 0.717) is 6.54 Å². The molecule has 2 aromatic carbocycles. The summed E-state index contributed by atoms with van der Waals surface area (Å²) in [6.07, 6.45) is 1.60. The first kappa shape index (κ1) is 15.0. The van der Waals surface area contributed by atoms with E-state index in [1.807, 2.05) is 44.3 Å². The number of hydrogen-bond donors (Lipinski definition) is 2. The van der Waals surface area contributed by atoms with Crippen LogP contribution in [0.5, 0.6) is 0 Å². The molecule has 0 saturated heterocycles. The van der Waals surface area contributed by atoms with Gasteiger partial charge in [0.05, 0.1) is 5.52 Å². The molecule has 1 heterocycles. The Labute approximate surface area is 136 Å². The number of aromatic nitrogens is 2. The number of nitrogens with zero attached hydrogens (tertiary/aromatic N) is 2. The highest BCUT2D eigenvalue weighted by Crippen LogP contribution is 2.26. The highest BCUT2D eigenvalue weighted by Gasteiger charge is 2.08. The summed E-state index contributed by atoms with van der Waals surface area (Å²) >= 11 is 0. The number of para-hydroxylation sites is 1. The molecule has 0 aliphatic heterocycles. The Hall–Kier alpha value is -2.88. The van der Waals surface area contributed by atoms with Crippen LogP contribution in [0.4, 0.5) is 11.5 Å². The van der Waals surface area contributed by atoms with Gasteiger partial charge in [0, 0.05) is 30.2 Å². The van der Waals surface area contributed by atoms with E-state index < -0.39 is 0 Å². The average Bonchev–Trinajstić information content (AvgIpc) is 2.59. The zero-order valence-electron chi connectivity index (χ0n) is 13.4. The minimum Gasteiger partial charge on any atom is -0.388 e. The van der Waals surface area contributed by atoms with Crippen molar-refractivity contribution in [2.75, 3.05) is 17.7 Å². The smallest absolute Gasteiger partial charge is 0.137 e. The molecule has 3 rings (SSSR count). The molecule has 3 aromatic rings. The lowest BCUT2D eigenvalue weighted by atomic mass is 10.0. The lowest BCUT2D eigenvalue weighted by Gasteiger charge is -2.11. The summed E-state index contributed by atoms with van der Waals surface area (Å²) in [7, 11) is 1.92. The van der Waals surface area contributed by atoms with Gasteiger partial charge in [-0.25, -0.2) is 9.97 Å². The Kier molecular flexibility index (Phi) is 4.24. The van der Waals surface area contributed by atoms with Crippen LogP contribution in [-0.4, -0.2) is 17.0 Å². The third kappa shape index (κ3) is 3.16. The maximum absolute atomic E-state index is 4.42. The Balaban J connectivity index is 1.91. The predicted octanol–water partition coefficient (Wildman–Crippen LogP) is 4.32. The van der Waals surface area contributed by atoms with Crippen molar-refractivity contribution in [1.82, 2.24) is 9.97 Å². The Morgan fingerprint density at radius 2 is 1.96 bits per heavy atom. The normalized spacial score (nSPS) is 10.5. The molecule has 2 N–H and O–H groups in total. The second-order valence-corrected chi connectivity index (χ2v) is 5.51. The van der Waals surface area contributed by atoms with Crippen molar-refractivity contribution in [2.45, 2.75) is 13.5 Å². The highest BCUT2D eigenvalue weighted by molar-refractivity contribution is 5.96. The summed E-state index contributed by atoms with van der Waals surface area (Å²) in [6.45, 7) is 6.73. The van der Waals surface area contributed by atoms with E-state index in [-0.39, 0.29) is 0 Å². The SMILES string of the molecule is C=C(C)c1cccc2c(NCc3cccc(NC)c3)ncnc12. The number of hydrogen-bond acceptors (Lipinski definition) is 4. The first-order valence-electron chi connectivity index (χ1n) is 7.59. The second-order valence-electron chi connectivity index (χ2n) is 5.51. The summed E-state index contributed by atoms with van der Waals surface area (Å²) in [4.78, 5) is 8.82. The molecule has 1 aromatic heterocycles. The zero-order valence-corrected chi connectivity index (χ0v) is 13.4. The van der Waals surface area contributed by atoms with Crippen LogP contribution in [0.25, 0.3) is 16.5 Å². The van der Waals surface area contributed by atoms with Crippen LogP contribution in [-0.2, 0) is 6.54 Å². The van der Waals surface area contributed by atoms with Crippen molar-refractivity contribution >= 4 is 28.0 Å². The number of allylic oxidation sites excluding steroid dienone is 1. The molecule has 0 bridgehead atoms. The third-order valence-electron chi connectivity index (χ3n) is 3.80. The van der Waals surface area contributed by atoms with E-state index in [2.05, 4.69) is 39.3 Å². The molecule has 0 spiro atoms. The summed E-state index contributed by atoms with van der Waals surface area (Å²) < 4.78 is 0. The molecule has 0 aliphatic rings. The average molecular weight is 304 g/mol. The number of anilines is 2. The third-order valence-corrected chi connectivity index (χ3v) is 3.80. The largest absolute Gasteiger partial charge is 0.388 e. The first-order chi connectivity index (χ1) is 11.2. The van der Waals surface area contributed by atoms with Crippen LogP contribution in [0.3, 0.4) is 0 Å². The molecule has 0 saturated carbocycles. The summed E-state index contributed by atoms with van der Waals surface area (Å²) in [6, 6.07) is 14.4. The van der Waals surface area contributed by atoms with E-state index in [1.54, 1.807) is 6.33 Å². The van der Waals surface area contributed by atoms with Crippen LogP contribution in [0.15, 0.2) is 55.4 Å². The van der Waals surface area contributed by atoms with Crippen LogP contribution in [0.1, 0.15) is 18.1 Å². The van der Waals surface area contributed by atoms with Gasteiger partial charge in [-0.05, 0) is 36.3 Å². The van der Waals surface area contributed by atoms with E-state index in [0.717, 1.165) is 33.5 Å². The topological polar surface area (TPSA) is 49.8 Å².